The van der Waals surface area contributed by atoms with Crippen molar-refractivity contribution in [1.29, 1.82) is 0 Å². The first kappa shape index (κ1) is 47.7. The van der Waals surface area contributed by atoms with Crippen LogP contribution in [-0.2, 0) is 0 Å². The van der Waals surface area contributed by atoms with E-state index < -0.39 is 16.1 Å². The zero-order valence-electron chi connectivity index (χ0n) is 45.5. The minimum absolute atomic E-state index is 0.859. The summed E-state index contributed by atoms with van der Waals surface area (Å²) in [5.41, 5.74) is 16.8. The van der Waals surface area contributed by atoms with Crippen LogP contribution in [0.15, 0.2) is 227 Å². The van der Waals surface area contributed by atoms with Crippen LogP contribution in [0, 0.1) is 13.8 Å². The molecule has 0 saturated heterocycles. The maximum absolute atomic E-state index is 7.24. The van der Waals surface area contributed by atoms with Crippen molar-refractivity contribution in [3.05, 3.63) is 230 Å². The van der Waals surface area contributed by atoms with Crippen molar-refractivity contribution < 1.29 is 8.83 Å². The number of para-hydroxylation sites is 4. The van der Waals surface area contributed by atoms with Crippen LogP contribution >= 0.6 is 0 Å². The Balaban J connectivity index is 1.01. The smallest absolute Gasteiger partial charge is 0.159 e. The Morgan fingerprint density at radius 2 is 0.628 bits per heavy atom. The van der Waals surface area contributed by atoms with Crippen molar-refractivity contribution in [3.8, 4) is 22.3 Å². The summed E-state index contributed by atoms with van der Waals surface area (Å²) in [4.78, 5) is 4.89. The van der Waals surface area contributed by atoms with Gasteiger partial charge in [0.1, 0.15) is 11.2 Å². The lowest BCUT2D eigenvalue weighted by Gasteiger charge is -2.30. The first-order chi connectivity index (χ1) is 37.8. The summed E-state index contributed by atoms with van der Waals surface area (Å²) < 4.78 is 14.5. The van der Waals surface area contributed by atoms with Crippen LogP contribution in [0.25, 0.3) is 98.4 Å². The molecule has 0 N–H and O–H groups in total. The summed E-state index contributed by atoms with van der Waals surface area (Å²) in [7, 11) is -3.22. The maximum Gasteiger partial charge on any atom is 0.159 e. The molecule has 0 spiro atoms. The van der Waals surface area contributed by atoms with Gasteiger partial charge < -0.3 is 18.6 Å². The lowest BCUT2D eigenvalue weighted by Crippen LogP contribution is -2.37. The molecule has 0 fully saturated rings. The minimum atomic E-state index is -1.61. The van der Waals surface area contributed by atoms with Crippen LogP contribution in [0.5, 0.6) is 0 Å². The van der Waals surface area contributed by atoms with Gasteiger partial charge in [0.05, 0.1) is 38.9 Å². The third kappa shape index (κ3) is 7.60. The number of nitrogens with zero attached hydrogens (tertiary/aromatic N) is 2. The fraction of sp³-hybridized carbons (Fsp3) is 0.111. The Labute approximate surface area is 457 Å². The van der Waals surface area contributed by atoms with Crippen molar-refractivity contribution in [3.63, 3.8) is 0 Å². The number of benzene rings is 12. The van der Waals surface area contributed by atoms with Crippen LogP contribution in [0.4, 0.5) is 34.1 Å². The molecule has 378 valence electrons. The SMILES string of the molecule is Cc1ccccc1-c1cccc2c1oc1c(N(c3ccc([Si](C)(C)C)cc3)c3ccc4ccc5c(N(c6ccc([Si](C)(C)C)cc6)c6cccc7c6oc6c(-c8ccccc8C)cccc67)ccc6ccc3c4c65)cccc12. The fourth-order valence-corrected chi connectivity index (χ4v) is 14.7. The molecule has 0 amide bonds. The maximum atomic E-state index is 7.24. The van der Waals surface area contributed by atoms with Gasteiger partial charge in [-0.1, -0.05) is 220 Å². The van der Waals surface area contributed by atoms with Crippen molar-refractivity contribution in [1.82, 2.24) is 0 Å². The first-order valence-electron chi connectivity index (χ1n) is 27.3. The van der Waals surface area contributed by atoms with E-state index in [-0.39, 0.29) is 0 Å². The van der Waals surface area contributed by atoms with E-state index in [4.69, 9.17) is 8.83 Å². The number of anilines is 6. The normalized spacial score (nSPS) is 12.4. The monoisotopic (exact) mass is 1040 g/mol. The molecule has 0 aliphatic heterocycles. The van der Waals surface area contributed by atoms with Crippen molar-refractivity contribution in [2.24, 2.45) is 0 Å². The quantitative estimate of drug-likeness (QED) is 0.101. The number of hydrogen-bond donors (Lipinski definition) is 0. The van der Waals surface area contributed by atoms with E-state index in [9.17, 15) is 0 Å². The van der Waals surface area contributed by atoms with Gasteiger partial charge in [-0.05, 0) is 106 Å². The predicted octanol–water partition coefficient (Wildman–Crippen LogP) is 20.4. The van der Waals surface area contributed by atoms with Crippen LogP contribution < -0.4 is 20.2 Å². The second-order valence-corrected chi connectivity index (χ2v) is 33.5. The summed E-state index contributed by atoms with van der Waals surface area (Å²) in [6.07, 6.45) is 0. The Bertz CT molecular complexity index is 4370. The molecule has 4 nitrogen and oxygen atoms in total. The van der Waals surface area contributed by atoms with E-state index in [0.29, 0.717) is 0 Å². The largest absolute Gasteiger partial charge is 0.453 e. The molecule has 2 aromatic heterocycles. The third-order valence-corrected chi connectivity index (χ3v) is 20.6. The zero-order chi connectivity index (χ0) is 53.2. The summed E-state index contributed by atoms with van der Waals surface area (Å²) in [5.74, 6) is 0. The lowest BCUT2D eigenvalue weighted by atomic mass is 9.91. The molecular weight excluding hydrogens is 981 g/mol. The zero-order valence-corrected chi connectivity index (χ0v) is 47.5. The van der Waals surface area contributed by atoms with Crippen LogP contribution in [-0.4, -0.2) is 16.1 Å². The second-order valence-electron chi connectivity index (χ2n) is 23.4. The molecule has 0 saturated carbocycles. The van der Waals surface area contributed by atoms with Crippen LogP contribution in [0.1, 0.15) is 11.1 Å². The molecule has 78 heavy (non-hydrogen) atoms. The highest BCUT2D eigenvalue weighted by Gasteiger charge is 2.28. The van der Waals surface area contributed by atoms with Gasteiger partial charge in [-0.25, -0.2) is 0 Å². The van der Waals surface area contributed by atoms with Gasteiger partial charge in [0, 0.05) is 54.8 Å². The minimum Gasteiger partial charge on any atom is -0.453 e. The molecular formula is C72H60N2O2Si2. The Morgan fingerprint density at radius 1 is 0.282 bits per heavy atom. The van der Waals surface area contributed by atoms with Gasteiger partial charge in [-0.3, -0.25) is 0 Å². The van der Waals surface area contributed by atoms with E-state index >= 15 is 0 Å². The van der Waals surface area contributed by atoms with Crippen molar-refractivity contribution >= 4 is 137 Å². The molecule has 14 aromatic rings. The average molecular weight is 1040 g/mol. The Morgan fingerprint density at radius 3 is 1.01 bits per heavy atom. The van der Waals surface area contributed by atoms with Gasteiger partial charge in [0.15, 0.2) is 11.2 Å². The third-order valence-electron chi connectivity index (χ3n) is 16.4. The highest BCUT2D eigenvalue weighted by molar-refractivity contribution is 6.89. The molecule has 0 aliphatic carbocycles. The highest BCUT2D eigenvalue weighted by Crippen LogP contribution is 2.51. The molecule has 0 unspecified atom stereocenters. The standard InChI is InChI=1S/C72H60N2O2Si2/c1-45-17-9-11-19-53(45)55-21-13-23-57-59-25-15-27-65(71(59)75-69(55)57)73(49-33-37-51(38-34-49)77(3,4)5)63-43-31-47-30-42-62-64(44-32-48-29-41-61(63)67(47)68(48)62)74(50-35-39-52(40-36-50)78(6,7)8)66-28-16-26-60-58-24-14-22-56(70(58)76-72(60)66)54-20-12-10-18-46(54)2/h9-44H,1-8H3. The van der Waals surface area contributed by atoms with Gasteiger partial charge in [0.2, 0.25) is 0 Å². The molecule has 12 aromatic carbocycles. The number of fused-ring (bicyclic) bond motifs is 6. The molecule has 6 heteroatoms. The second kappa shape index (κ2) is 18.0. The van der Waals surface area contributed by atoms with Gasteiger partial charge in [0.25, 0.3) is 0 Å². The summed E-state index contributed by atoms with van der Waals surface area (Å²) in [6, 6.07) is 80.8. The van der Waals surface area contributed by atoms with E-state index in [1.165, 1.54) is 64.9 Å². The average Bonchev–Trinajstić information content (AvgIpc) is 4.17. The molecule has 0 bridgehead atoms. The predicted molar refractivity (Wildman–Crippen MR) is 340 cm³/mol. The summed E-state index contributed by atoms with van der Waals surface area (Å²) >= 11 is 0. The van der Waals surface area contributed by atoms with Crippen LogP contribution in [0.3, 0.4) is 0 Å². The molecule has 0 radical (unpaired) electrons. The summed E-state index contributed by atoms with van der Waals surface area (Å²) in [6.45, 7) is 18.9. The number of hydrogen-bond acceptors (Lipinski definition) is 4. The first-order valence-corrected chi connectivity index (χ1v) is 34.3. The highest BCUT2D eigenvalue weighted by atomic mass is 28.3. The number of aryl methyl sites for hydroxylation is 2. The number of rotatable bonds is 10. The lowest BCUT2D eigenvalue weighted by molar-refractivity contribution is 0.670. The van der Waals surface area contributed by atoms with E-state index in [1.807, 2.05) is 0 Å². The van der Waals surface area contributed by atoms with E-state index in [2.05, 4.69) is 281 Å². The van der Waals surface area contributed by atoms with E-state index in [0.717, 1.165) is 89.1 Å². The molecule has 2 heterocycles. The van der Waals surface area contributed by atoms with Gasteiger partial charge in [-0.2, -0.15) is 0 Å². The molecule has 0 atom stereocenters. The van der Waals surface area contributed by atoms with Crippen molar-refractivity contribution in [2.45, 2.75) is 53.1 Å². The van der Waals surface area contributed by atoms with E-state index in [1.54, 1.807) is 0 Å². The fourth-order valence-electron chi connectivity index (χ4n) is 12.3. The molecule has 14 rings (SSSR count). The molecule has 0 aliphatic rings. The van der Waals surface area contributed by atoms with Crippen LogP contribution in [0.2, 0.25) is 39.3 Å². The Hall–Kier alpha value is -8.69. The van der Waals surface area contributed by atoms with Gasteiger partial charge >= 0.3 is 0 Å². The van der Waals surface area contributed by atoms with Crippen molar-refractivity contribution in [2.75, 3.05) is 9.80 Å². The Kier molecular flexibility index (Phi) is 11.0. The van der Waals surface area contributed by atoms with Gasteiger partial charge in [-0.15, -0.1) is 0 Å². The topological polar surface area (TPSA) is 32.8 Å². The number of furan rings is 2. The summed E-state index contributed by atoms with van der Waals surface area (Å²) in [5, 5.41) is 14.4.